The number of likely N-dealkylation sites (tertiary alicyclic amines) is 2. The molecule has 0 N–H and O–H groups in total. The highest BCUT2D eigenvalue weighted by molar-refractivity contribution is 4.77. The van der Waals surface area contributed by atoms with E-state index in [2.05, 4.69) is 37.5 Å². The Bertz CT molecular complexity index is 243. The van der Waals surface area contributed by atoms with Gasteiger partial charge < -0.3 is 0 Å². The van der Waals surface area contributed by atoms with Gasteiger partial charge in [-0.25, -0.2) is 0 Å². The maximum Gasteiger partial charge on any atom is 0.0506 e. The molecule has 2 saturated heterocycles. The van der Waals surface area contributed by atoms with Crippen LogP contribution in [-0.2, 0) is 0 Å². The van der Waals surface area contributed by atoms with E-state index < -0.39 is 0 Å². The molecular weight excluding hydrogens is 256 g/mol. The average Bonchev–Trinajstić information content (AvgIpc) is 2.42. The zero-order chi connectivity index (χ0) is 15.2. The molecule has 0 atom stereocenters. The summed E-state index contributed by atoms with van der Waals surface area (Å²) in [7, 11) is 0. The lowest BCUT2D eigenvalue weighted by molar-refractivity contribution is 0.0654. The van der Waals surface area contributed by atoms with Crippen LogP contribution in [0.1, 0.15) is 66.2 Å². The Labute approximate surface area is 133 Å². The van der Waals surface area contributed by atoms with Crippen LogP contribution in [0.25, 0.3) is 0 Å². The largest absolute Gasteiger partial charge is 0.290 e. The van der Waals surface area contributed by atoms with Gasteiger partial charge in [0.15, 0.2) is 0 Å². The van der Waals surface area contributed by atoms with Gasteiger partial charge in [-0.3, -0.25) is 9.80 Å². The topological polar surface area (TPSA) is 6.48 Å². The maximum atomic E-state index is 2.71. The number of nitrogens with zero attached hydrogens (tertiary/aromatic N) is 2. The first-order chi connectivity index (χ1) is 10.0. The molecule has 2 nitrogen and oxygen atoms in total. The van der Waals surface area contributed by atoms with Gasteiger partial charge in [-0.1, -0.05) is 27.7 Å². The Balaban J connectivity index is 1.61. The van der Waals surface area contributed by atoms with E-state index in [0.29, 0.717) is 0 Å². The van der Waals surface area contributed by atoms with Crippen LogP contribution in [0.15, 0.2) is 0 Å². The van der Waals surface area contributed by atoms with Crippen molar-refractivity contribution in [3.8, 4) is 0 Å². The number of hydrogen-bond donors (Lipinski definition) is 0. The van der Waals surface area contributed by atoms with Crippen LogP contribution in [0.4, 0.5) is 0 Å². The van der Waals surface area contributed by atoms with Crippen molar-refractivity contribution in [3.05, 3.63) is 0 Å². The predicted octanol–water partition coefficient (Wildman–Crippen LogP) is 4.46. The van der Waals surface area contributed by atoms with Crippen LogP contribution in [0.2, 0.25) is 0 Å². The summed E-state index contributed by atoms with van der Waals surface area (Å²) in [4.78, 5) is 5.42. The van der Waals surface area contributed by atoms with E-state index in [1.54, 1.807) is 0 Å². The van der Waals surface area contributed by atoms with Gasteiger partial charge >= 0.3 is 0 Å². The monoisotopic (exact) mass is 294 g/mol. The Morgan fingerprint density at radius 3 is 1.29 bits per heavy atom. The van der Waals surface area contributed by atoms with Gasteiger partial charge in [0, 0.05) is 0 Å². The first-order valence-electron chi connectivity index (χ1n) is 9.47. The molecule has 0 radical (unpaired) electrons. The molecular formula is C19H38N2. The highest BCUT2D eigenvalue weighted by Crippen LogP contribution is 2.26. The van der Waals surface area contributed by atoms with E-state index in [1.165, 1.54) is 71.4 Å². The first kappa shape index (κ1) is 17.3. The molecule has 2 fully saturated rings. The zero-order valence-corrected chi connectivity index (χ0v) is 15.0. The van der Waals surface area contributed by atoms with Crippen LogP contribution >= 0.6 is 0 Å². The van der Waals surface area contributed by atoms with Crippen molar-refractivity contribution < 1.29 is 0 Å². The van der Waals surface area contributed by atoms with Crippen LogP contribution < -0.4 is 0 Å². The Hall–Kier alpha value is -0.0800. The lowest BCUT2D eigenvalue weighted by atomic mass is 9.88. The Morgan fingerprint density at radius 1 is 0.667 bits per heavy atom. The average molecular weight is 295 g/mol. The zero-order valence-electron chi connectivity index (χ0n) is 15.0. The fourth-order valence-electron chi connectivity index (χ4n) is 4.34. The molecule has 0 aromatic rings. The van der Waals surface area contributed by atoms with Crippen LogP contribution in [0, 0.1) is 23.7 Å². The summed E-state index contributed by atoms with van der Waals surface area (Å²) in [5, 5.41) is 0. The van der Waals surface area contributed by atoms with E-state index in [4.69, 9.17) is 0 Å². The summed E-state index contributed by atoms with van der Waals surface area (Å²) in [5.41, 5.74) is 0. The van der Waals surface area contributed by atoms with Gasteiger partial charge in [0.1, 0.15) is 0 Å². The predicted molar refractivity (Wildman–Crippen MR) is 92.4 cm³/mol. The normalized spacial score (nSPS) is 24.3. The van der Waals surface area contributed by atoms with Crippen molar-refractivity contribution in [2.45, 2.75) is 66.2 Å². The smallest absolute Gasteiger partial charge is 0.0506 e. The molecule has 0 aromatic heterocycles. The van der Waals surface area contributed by atoms with E-state index in [9.17, 15) is 0 Å². The third kappa shape index (κ3) is 6.28. The quantitative estimate of drug-likeness (QED) is 0.713. The van der Waals surface area contributed by atoms with Crippen molar-refractivity contribution >= 4 is 0 Å². The van der Waals surface area contributed by atoms with Gasteiger partial charge in [0.2, 0.25) is 0 Å². The summed E-state index contributed by atoms with van der Waals surface area (Å²) in [6, 6.07) is 0. The molecule has 2 aliphatic heterocycles. The van der Waals surface area contributed by atoms with Crippen LogP contribution in [0.5, 0.6) is 0 Å². The fourth-order valence-corrected chi connectivity index (χ4v) is 4.34. The molecule has 124 valence electrons. The summed E-state index contributed by atoms with van der Waals surface area (Å²) in [5.74, 6) is 3.75. The van der Waals surface area contributed by atoms with Gasteiger partial charge in [0.05, 0.1) is 6.67 Å². The molecule has 2 aliphatic rings. The Morgan fingerprint density at radius 2 is 1.00 bits per heavy atom. The lowest BCUT2D eigenvalue weighted by Gasteiger charge is -2.39. The minimum Gasteiger partial charge on any atom is -0.290 e. The van der Waals surface area contributed by atoms with Crippen molar-refractivity contribution in [1.29, 1.82) is 0 Å². The third-order valence-corrected chi connectivity index (χ3v) is 5.42. The number of rotatable bonds is 6. The van der Waals surface area contributed by atoms with Gasteiger partial charge in [-0.15, -0.1) is 0 Å². The molecule has 2 heterocycles. The van der Waals surface area contributed by atoms with E-state index in [1.807, 2.05) is 0 Å². The molecule has 0 spiro atoms. The molecule has 2 rings (SSSR count). The fraction of sp³-hybridized carbons (Fsp3) is 1.00. The van der Waals surface area contributed by atoms with Gasteiger partial charge in [-0.05, 0) is 88.4 Å². The second-order valence-corrected chi connectivity index (χ2v) is 8.52. The number of piperidine rings is 2. The van der Waals surface area contributed by atoms with E-state index in [0.717, 1.165) is 23.7 Å². The molecule has 0 aliphatic carbocycles. The minimum absolute atomic E-state index is 0.876. The van der Waals surface area contributed by atoms with Gasteiger partial charge in [0.25, 0.3) is 0 Å². The first-order valence-corrected chi connectivity index (χ1v) is 9.47. The summed E-state index contributed by atoms with van der Waals surface area (Å²) in [6.07, 6.45) is 8.61. The maximum absolute atomic E-state index is 2.71. The van der Waals surface area contributed by atoms with Gasteiger partial charge in [-0.2, -0.15) is 0 Å². The molecule has 0 saturated carbocycles. The van der Waals surface area contributed by atoms with Crippen LogP contribution in [0.3, 0.4) is 0 Å². The minimum atomic E-state index is 0.876. The molecule has 0 bridgehead atoms. The molecule has 2 heteroatoms. The highest BCUT2D eigenvalue weighted by atomic mass is 15.3. The molecule has 0 unspecified atom stereocenters. The Kier molecular flexibility index (Phi) is 7.01. The third-order valence-electron chi connectivity index (χ3n) is 5.42. The standard InChI is InChI=1S/C19H38N2/c1-16(2)13-18-5-9-20(10-6-18)15-21-11-7-19(8-12-21)14-17(3)4/h16-19H,5-15H2,1-4H3. The van der Waals surface area contributed by atoms with Crippen molar-refractivity contribution in [1.82, 2.24) is 9.80 Å². The molecule has 0 aromatic carbocycles. The molecule has 21 heavy (non-hydrogen) atoms. The molecule has 0 amide bonds. The lowest BCUT2D eigenvalue weighted by Crippen LogP contribution is -2.45. The summed E-state index contributed by atoms with van der Waals surface area (Å²) in [6.45, 7) is 16.1. The van der Waals surface area contributed by atoms with Crippen molar-refractivity contribution in [3.63, 3.8) is 0 Å². The number of hydrogen-bond acceptors (Lipinski definition) is 2. The summed E-state index contributed by atoms with van der Waals surface area (Å²) < 4.78 is 0. The van der Waals surface area contributed by atoms with Crippen molar-refractivity contribution in [2.75, 3.05) is 32.8 Å². The second kappa shape index (κ2) is 8.53. The van der Waals surface area contributed by atoms with Crippen molar-refractivity contribution in [2.24, 2.45) is 23.7 Å². The second-order valence-electron chi connectivity index (χ2n) is 8.52. The van der Waals surface area contributed by atoms with E-state index in [-0.39, 0.29) is 0 Å². The summed E-state index contributed by atoms with van der Waals surface area (Å²) >= 11 is 0. The SMILES string of the molecule is CC(C)CC1CCN(CN2CCC(CC(C)C)CC2)CC1. The highest BCUT2D eigenvalue weighted by Gasteiger charge is 2.24. The van der Waals surface area contributed by atoms with Crippen LogP contribution in [-0.4, -0.2) is 42.6 Å². The van der Waals surface area contributed by atoms with E-state index >= 15 is 0 Å².